The van der Waals surface area contributed by atoms with Gasteiger partial charge in [0.2, 0.25) is 0 Å². The summed E-state index contributed by atoms with van der Waals surface area (Å²) in [5.41, 5.74) is 1.64. The number of ether oxygens (including phenoxy) is 1. The van der Waals surface area contributed by atoms with Crippen molar-refractivity contribution in [3.8, 4) is 17.6 Å². The largest absolute Gasteiger partial charge is 0.487 e. The highest BCUT2D eigenvalue weighted by Crippen LogP contribution is 2.13. The monoisotopic (exact) mass is 275 g/mol. The van der Waals surface area contributed by atoms with Crippen LogP contribution in [-0.4, -0.2) is 10.9 Å². The minimum Gasteiger partial charge on any atom is -0.487 e. The average molecular weight is 276 g/mol. The molecular weight excluding hydrogens is 265 g/mol. The van der Waals surface area contributed by atoms with Gasteiger partial charge < -0.3 is 4.74 Å². The third kappa shape index (κ3) is 4.27. The summed E-state index contributed by atoms with van der Waals surface area (Å²) >= 11 is 5.49. The quantitative estimate of drug-likeness (QED) is 0.633. The Hall–Kier alpha value is -2.05. The first-order valence-electron chi connectivity index (χ1n) is 5.65. The predicted molar refractivity (Wildman–Crippen MR) is 72.6 cm³/mol. The van der Waals surface area contributed by atoms with Crippen molar-refractivity contribution in [1.29, 1.82) is 0 Å². The minimum atomic E-state index is -0.260. The first kappa shape index (κ1) is 13.4. The summed E-state index contributed by atoms with van der Waals surface area (Å²) < 4.78 is 18.3. The number of aromatic nitrogens is 1. The molecule has 96 valence electrons. The molecule has 1 aromatic carbocycles. The molecule has 0 saturated heterocycles. The van der Waals surface area contributed by atoms with Gasteiger partial charge >= 0.3 is 0 Å². The fourth-order valence-electron chi connectivity index (χ4n) is 1.45. The molecular formula is C15H11ClFNO. The maximum atomic E-state index is 12.7. The van der Waals surface area contributed by atoms with Gasteiger partial charge in [0, 0.05) is 11.8 Å². The Morgan fingerprint density at radius 3 is 2.74 bits per heavy atom. The molecule has 2 rings (SSSR count). The molecule has 19 heavy (non-hydrogen) atoms. The molecule has 0 saturated carbocycles. The summed E-state index contributed by atoms with van der Waals surface area (Å²) in [6.45, 7) is 0.356. The molecule has 0 aliphatic rings. The number of halogens is 2. The Balaban J connectivity index is 2.01. The van der Waals surface area contributed by atoms with Crippen LogP contribution in [0.2, 0.25) is 0 Å². The van der Waals surface area contributed by atoms with E-state index in [1.165, 1.54) is 12.1 Å². The number of rotatable bonds is 3. The average Bonchev–Trinajstić information content (AvgIpc) is 2.45. The first-order valence-corrected chi connectivity index (χ1v) is 6.18. The van der Waals surface area contributed by atoms with Gasteiger partial charge in [-0.15, -0.1) is 11.6 Å². The van der Waals surface area contributed by atoms with Gasteiger partial charge in [-0.2, -0.15) is 0 Å². The first-order chi connectivity index (χ1) is 9.28. The van der Waals surface area contributed by atoms with Crippen molar-refractivity contribution in [2.24, 2.45) is 0 Å². The molecule has 1 aromatic heterocycles. The van der Waals surface area contributed by atoms with E-state index in [2.05, 4.69) is 16.8 Å². The van der Waals surface area contributed by atoms with Crippen LogP contribution in [0.4, 0.5) is 4.39 Å². The van der Waals surface area contributed by atoms with Gasteiger partial charge in [-0.1, -0.05) is 24.0 Å². The highest BCUT2D eigenvalue weighted by Gasteiger charge is 1.98. The van der Waals surface area contributed by atoms with Gasteiger partial charge in [-0.25, -0.2) is 4.39 Å². The van der Waals surface area contributed by atoms with Crippen molar-refractivity contribution in [3.05, 3.63) is 59.7 Å². The van der Waals surface area contributed by atoms with Crippen LogP contribution in [0.3, 0.4) is 0 Å². The molecule has 0 atom stereocenters. The van der Waals surface area contributed by atoms with Crippen LogP contribution in [-0.2, 0) is 6.61 Å². The second-order valence-electron chi connectivity index (χ2n) is 3.76. The van der Waals surface area contributed by atoms with Gasteiger partial charge in [-0.05, 0) is 23.8 Å². The van der Waals surface area contributed by atoms with E-state index in [1.54, 1.807) is 30.6 Å². The predicted octanol–water partition coefficient (Wildman–Crippen LogP) is 3.39. The third-order valence-electron chi connectivity index (χ3n) is 2.33. The fraction of sp³-hybridized carbons (Fsp3) is 0.133. The topological polar surface area (TPSA) is 22.1 Å². The lowest BCUT2D eigenvalue weighted by molar-refractivity contribution is 0.304. The molecule has 0 aliphatic carbocycles. The van der Waals surface area contributed by atoms with Crippen molar-refractivity contribution < 1.29 is 9.13 Å². The van der Waals surface area contributed by atoms with Crippen LogP contribution < -0.4 is 4.74 Å². The van der Waals surface area contributed by atoms with Crippen LogP contribution >= 0.6 is 11.6 Å². The molecule has 0 unspecified atom stereocenters. The van der Waals surface area contributed by atoms with Gasteiger partial charge in [0.15, 0.2) is 0 Å². The zero-order valence-corrected chi connectivity index (χ0v) is 10.8. The highest BCUT2D eigenvalue weighted by atomic mass is 35.5. The SMILES string of the molecule is Fc1ccc(COc2cncc(C#CCCl)c2)cc1. The van der Waals surface area contributed by atoms with Crippen molar-refractivity contribution >= 4 is 11.6 Å². The van der Waals surface area contributed by atoms with Crippen LogP contribution in [0.25, 0.3) is 0 Å². The van der Waals surface area contributed by atoms with Gasteiger partial charge in [0.05, 0.1) is 12.1 Å². The molecule has 1 heterocycles. The maximum Gasteiger partial charge on any atom is 0.139 e. The number of alkyl halides is 1. The summed E-state index contributed by atoms with van der Waals surface area (Å²) in [5, 5.41) is 0. The summed E-state index contributed by atoms with van der Waals surface area (Å²) in [6.07, 6.45) is 3.25. The second-order valence-corrected chi connectivity index (χ2v) is 4.03. The number of nitrogens with zero attached hydrogens (tertiary/aromatic N) is 1. The zero-order chi connectivity index (χ0) is 13.5. The smallest absolute Gasteiger partial charge is 0.139 e. The molecule has 2 nitrogen and oxygen atoms in total. The maximum absolute atomic E-state index is 12.7. The molecule has 0 N–H and O–H groups in total. The summed E-state index contributed by atoms with van der Waals surface area (Å²) in [4.78, 5) is 4.03. The van der Waals surface area contributed by atoms with E-state index in [-0.39, 0.29) is 11.7 Å². The van der Waals surface area contributed by atoms with E-state index >= 15 is 0 Å². The molecule has 0 fully saturated rings. The number of hydrogen-bond donors (Lipinski definition) is 0. The van der Waals surface area contributed by atoms with Crippen LogP contribution in [0, 0.1) is 17.7 Å². The van der Waals surface area contributed by atoms with E-state index in [4.69, 9.17) is 16.3 Å². The Morgan fingerprint density at radius 1 is 1.21 bits per heavy atom. The summed E-state index contributed by atoms with van der Waals surface area (Å²) in [6, 6.07) is 7.95. The molecule has 0 bridgehead atoms. The van der Waals surface area contributed by atoms with Crippen LogP contribution in [0.1, 0.15) is 11.1 Å². The molecule has 0 amide bonds. The number of benzene rings is 1. The highest BCUT2D eigenvalue weighted by molar-refractivity contribution is 6.19. The van der Waals surface area contributed by atoms with E-state index in [9.17, 15) is 4.39 Å². The molecule has 2 aromatic rings. The van der Waals surface area contributed by atoms with E-state index in [0.29, 0.717) is 12.4 Å². The lowest BCUT2D eigenvalue weighted by atomic mass is 10.2. The number of hydrogen-bond acceptors (Lipinski definition) is 2. The van der Waals surface area contributed by atoms with E-state index in [1.807, 2.05) is 0 Å². The van der Waals surface area contributed by atoms with Gasteiger partial charge in [0.1, 0.15) is 18.2 Å². The minimum absolute atomic E-state index is 0.260. The summed E-state index contributed by atoms with van der Waals surface area (Å²) in [5.74, 6) is 6.25. The third-order valence-corrected chi connectivity index (χ3v) is 2.47. The Bertz CT molecular complexity index is 602. The fourth-order valence-corrected chi connectivity index (χ4v) is 1.52. The Morgan fingerprint density at radius 2 is 2.00 bits per heavy atom. The zero-order valence-electron chi connectivity index (χ0n) is 10.1. The molecule has 4 heteroatoms. The summed E-state index contributed by atoms with van der Waals surface area (Å²) in [7, 11) is 0. The second kappa shape index (κ2) is 6.77. The number of pyridine rings is 1. The molecule has 0 radical (unpaired) electrons. The lowest BCUT2D eigenvalue weighted by Crippen LogP contribution is -1.96. The molecule has 0 aliphatic heterocycles. The van der Waals surface area contributed by atoms with Crippen LogP contribution in [0.5, 0.6) is 5.75 Å². The van der Waals surface area contributed by atoms with E-state index < -0.39 is 0 Å². The van der Waals surface area contributed by atoms with Crippen LogP contribution in [0.15, 0.2) is 42.7 Å². The Labute approximate surface area is 116 Å². The standard InChI is InChI=1S/C15H11ClFNO/c16-7-1-2-13-8-15(10-18-9-13)19-11-12-3-5-14(17)6-4-12/h3-6,8-10H,7,11H2. The molecule has 0 spiro atoms. The lowest BCUT2D eigenvalue weighted by Gasteiger charge is -2.06. The van der Waals surface area contributed by atoms with Crippen molar-refractivity contribution in [2.45, 2.75) is 6.61 Å². The normalized spacial score (nSPS) is 9.58. The van der Waals surface area contributed by atoms with E-state index in [0.717, 1.165) is 11.1 Å². The Kier molecular flexibility index (Phi) is 4.77. The van der Waals surface area contributed by atoms with Crippen molar-refractivity contribution in [1.82, 2.24) is 4.98 Å². The van der Waals surface area contributed by atoms with Gasteiger partial charge in [0.25, 0.3) is 0 Å². The van der Waals surface area contributed by atoms with Gasteiger partial charge in [-0.3, -0.25) is 4.98 Å². The van der Waals surface area contributed by atoms with Crippen molar-refractivity contribution in [2.75, 3.05) is 5.88 Å². The van der Waals surface area contributed by atoms with Crippen molar-refractivity contribution in [3.63, 3.8) is 0 Å².